The fraction of sp³-hybridized carbons (Fsp3) is 0.818. The maximum absolute atomic E-state index is 11.3. The van der Waals surface area contributed by atoms with Crippen LogP contribution in [0.3, 0.4) is 0 Å². The van der Waals surface area contributed by atoms with E-state index in [1.54, 1.807) is 0 Å². The van der Waals surface area contributed by atoms with Gasteiger partial charge >= 0.3 is 0 Å². The van der Waals surface area contributed by atoms with Gasteiger partial charge in [0.1, 0.15) is 0 Å². The predicted octanol–water partition coefficient (Wildman–Crippen LogP) is 1.04. The molecule has 0 bridgehead atoms. The van der Waals surface area contributed by atoms with Crippen LogP contribution >= 0.6 is 0 Å². The van der Waals surface area contributed by atoms with Crippen molar-refractivity contribution in [1.29, 1.82) is 0 Å². The molecule has 1 saturated heterocycles. The van der Waals surface area contributed by atoms with Crippen molar-refractivity contribution in [1.82, 2.24) is 4.90 Å². The lowest BCUT2D eigenvalue weighted by Crippen LogP contribution is -2.56. The van der Waals surface area contributed by atoms with E-state index in [0.717, 1.165) is 12.0 Å². The first-order valence-electron chi connectivity index (χ1n) is 5.52. The van der Waals surface area contributed by atoms with Crippen LogP contribution in [0.4, 0.5) is 0 Å². The molecule has 0 aliphatic carbocycles. The van der Waals surface area contributed by atoms with E-state index in [2.05, 4.69) is 18.4 Å². The molecule has 0 aromatic carbocycles. The number of ether oxygens (including phenoxy) is 1. The standard InChI is InChI=1S/C11H21NO3S/c1-5-16(13,14)9-7-12-6-8-15-11(3,4)10(12)2/h5,10H,1,6-9H2,2-4H3. The number of nitrogens with zero attached hydrogens (tertiary/aromatic N) is 1. The molecule has 0 radical (unpaired) electrons. The van der Waals surface area contributed by atoms with E-state index in [0.29, 0.717) is 13.2 Å². The molecule has 5 heteroatoms. The topological polar surface area (TPSA) is 46.6 Å². The summed E-state index contributed by atoms with van der Waals surface area (Å²) in [5.41, 5.74) is -0.212. The van der Waals surface area contributed by atoms with Gasteiger partial charge in [-0.2, -0.15) is 0 Å². The van der Waals surface area contributed by atoms with E-state index >= 15 is 0 Å². The normalized spacial score (nSPS) is 26.6. The summed E-state index contributed by atoms with van der Waals surface area (Å²) in [6, 6.07) is 0.223. The number of sulfone groups is 1. The summed E-state index contributed by atoms with van der Waals surface area (Å²) in [5.74, 6) is 0.136. The van der Waals surface area contributed by atoms with Crippen LogP contribution in [-0.2, 0) is 14.6 Å². The highest BCUT2D eigenvalue weighted by Gasteiger charge is 2.35. The Kier molecular flexibility index (Phi) is 4.15. The molecule has 4 nitrogen and oxygen atoms in total. The van der Waals surface area contributed by atoms with Crippen molar-refractivity contribution in [3.63, 3.8) is 0 Å². The highest BCUT2D eigenvalue weighted by Crippen LogP contribution is 2.23. The predicted molar refractivity (Wildman–Crippen MR) is 65.0 cm³/mol. The Morgan fingerprint density at radius 1 is 1.56 bits per heavy atom. The summed E-state index contributed by atoms with van der Waals surface area (Å²) >= 11 is 0. The van der Waals surface area contributed by atoms with Crippen molar-refractivity contribution in [3.8, 4) is 0 Å². The van der Waals surface area contributed by atoms with E-state index in [-0.39, 0.29) is 17.4 Å². The lowest BCUT2D eigenvalue weighted by molar-refractivity contribution is -0.119. The first-order chi connectivity index (χ1) is 7.28. The average molecular weight is 247 g/mol. The zero-order valence-corrected chi connectivity index (χ0v) is 11.1. The monoisotopic (exact) mass is 247 g/mol. The highest BCUT2D eigenvalue weighted by atomic mass is 32.2. The highest BCUT2D eigenvalue weighted by molar-refractivity contribution is 7.94. The SMILES string of the molecule is C=CS(=O)(=O)CCN1CCOC(C)(C)C1C. The Morgan fingerprint density at radius 3 is 2.75 bits per heavy atom. The Bertz CT molecular complexity index is 348. The first kappa shape index (κ1) is 13.7. The molecule has 16 heavy (non-hydrogen) atoms. The van der Waals surface area contributed by atoms with Crippen LogP contribution in [-0.4, -0.2) is 50.4 Å². The zero-order chi connectivity index (χ0) is 12.4. The van der Waals surface area contributed by atoms with E-state index in [1.165, 1.54) is 0 Å². The van der Waals surface area contributed by atoms with Gasteiger partial charge in [-0.15, -0.1) is 0 Å². The van der Waals surface area contributed by atoms with Gasteiger partial charge in [0, 0.05) is 24.5 Å². The van der Waals surface area contributed by atoms with Gasteiger partial charge in [0.2, 0.25) is 0 Å². The van der Waals surface area contributed by atoms with Crippen LogP contribution < -0.4 is 0 Å². The minimum atomic E-state index is -3.10. The second-order valence-electron chi connectivity index (χ2n) is 4.70. The van der Waals surface area contributed by atoms with Crippen molar-refractivity contribution >= 4 is 9.84 Å². The van der Waals surface area contributed by atoms with Gasteiger partial charge in [0.05, 0.1) is 18.0 Å². The maximum Gasteiger partial charge on any atom is 0.172 e. The smallest absolute Gasteiger partial charge is 0.172 e. The van der Waals surface area contributed by atoms with Crippen molar-refractivity contribution in [2.75, 3.05) is 25.4 Å². The molecule has 1 atom stereocenters. The summed E-state index contributed by atoms with van der Waals surface area (Å²) in [6.07, 6.45) is 0. The van der Waals surface area contributed by atoms with E-state index < -0.39 is 9.84 Å². The lowest BCUT2D eigenvalue weighted by atomic mass is 9.97. The molecule has 1 aliphatic heterocycles. The molecule has 94 valence electrons. The molecule has 1 aliphatic rings. The molecule has 0 N–H and O–H groups in total. The molecule has 1 fully saturated rings. The quantitative estimate of drug-likeness (QED) is 0.745. The second kappa shape index (κ2) is 4.85. The van der Waals surface area contributed by atoms with Crippen LogP contribution in [0.25, 0.3) is 0 Å². The van der Waals surface area contributed by atoms with E-state index in [9.17, 15) is 8.42 Å². The number of morpholine rings is 1. The van der Waals surface area contributed by atoms with Crippen LogP contribution in [0.15, 0.2) is 12.0 Å². The second-order valence-corrected chi connectivity index (χ2v) is 6.76. The molecule has 0 amide bonds. The van der Waals surface area contributed by atoms with Crippen molar-refractivity contribution in [2.24, 2.45) is 0 Å². The van der Waals surface area contributed by atoms with Crippen LogP contribution in [0.5, 0.6) is 0 Å². The summed E-state index contributed by atoms with van der Waals surface area (Å²) in [6.45, 7) is 11.4. The molecule has 0 spiro atoms. The van der Waals surface area contributed by atoms with Gasteiger partial charge in [-0.05, 0) is 20.8 Å². The lowest BCUT2D eigenvalue weighted by Gasteiger charge is -2.44. The van der Waals surface area contributed by atoms with Gasteiger partial charge in [-0.1, -0.05) is 6.58 Å². The summed E-state index contributed by atoms with van der Waals surface area (Å²) in [4.78, 5) is 2.16. The Hall–Kier alpha value is -0.390. The van der Waals surface area contributed by atoms with Gasteiger partial charge in [-0.25, -0.2) is 8.42 Å². The Morgan fingerprint density at radius 2 is 2.19 bits per heavy atom. The van der Waals surface area contributed by atoms with Crippen molar-refractivity contribution in [3.05, 3.63) is 12.0 Å². The van der Waals surface area contributed by atoms with Gasteiger partial charge in [-0.3, -0.25) is 4.90 Å². The van der Waals surface area contributed by atoms with Crippen molar-refractivity contribution in [2.45, 2.75) is 32.4 Å². The number of rotatable bonds is 4. The van der Waals surface area contributed by atoms with Crippen LogP contribution in [0.1, 0.15) is 20.8 Å². The van der Waals surface area contributed by atoms with E-state index in [1.807, 2.05) is 13.8 Å². The van der Waals surface area contributed by atoms with Gasteiger partial charge in [0.25, 0.3) is 0 Å². The third-order valence-electron chi connectivity index (χ3n) is 3.32. The molecule has 0 aromatic heterocycles. The van der Waals surface area contributed by atoms with Crippen molar-refractivity contribution < 1.29 is 13.2 Å². The minimum absolute atomic E-state index is 0.136. The fourth-order valence-corrected chi connectivity index (χ4v) is 2.47. The summed E-state index contributed by atoms with van der Waals surface area (Å²) in [5, 5.41) is 1.03. The molecule has 0 aromatic rings. The third kappa shape index (κ3) is 3.30. The summed E-state index contributed by atoms with van der Waals surface area (Å²) < 4.78 is 28.3. The van der Waals surface area contributed by atoms with Gasteiger partial charge in [0.15, 0.2) is 9.84 Å². The number of hydrogen-bond donors (Lipinski definition) is 0. The van der Waals surface area contributed by atoms with Crippen LogP contribution in [0, 0.1) is 0 Å². The minimum Gasteiger partial charge on any atom is -0.373 e. The fourth-order valence-electron chi connectivity index (χ4n) is 1.81. The Balaban J connectivity index is 2.58. The van der Waals surface area contributed by atoms with Gasteiger partial charge < -0.3 is 4.74 Å². The molecule has 1 unspecified atom stereocenters. The van der Waals surface area contributed by atoms with Crippen LogP contribution in [0.2, 0.25) is 0 Å². The summed E-state index contributed by atoms with van der Waals surface area (Å²) in [7, 11) is -3.10. The molecular formula is C11H21NO3S. The van der Waals surface area contributed by atoms with E-state index in [4.69, 9.17) is 4.74 Å². The average Bonchev–Trinajstić information content (AvgIpc) is 2.20. The third-order valence-corrected chi connectivity index (χ3v) is 4.58. The maximum atomic E-state index is 11.3. The molecule has 0 saturated carbocycles. The Labute approximate surface area is 98.2 Å². The largest absolute Gasteiger partial charge is 0.373 e. The number of hydrogen-bond acceptors (Lipinski definition) is 4. The molecule has 1 rings (SSSR count). The molecular weight excluding hydrogens is 226 g/mol. The molecule has 1 heterocycles. The zero-order valence-electron chi connectivity index (χ0n) is 10.3. The first-order valence-corrected chi connectivity index (χ1v) is 7.23.